The summed E-state index contributed by atoms with van der Waals surface area (Å²) in [6.45, 7) is 0. The number of nitrogens with one attached hydrogen (secondary N) is 2. The molecule has 0 bridgehead atoms. The standard InChI is InChI=1S/C17H22N2O2/c1-21-14-8-9-15-12(10-14)11-16(19-15)17(20)18-13-6-4-2-3-5-7-13/h8-11,13,19H,2-7H2,1H3,(H,18,20). The summed E-state index contributed by atoms with van der Waals surface area (Å²) in [6.07, 6.45) is 7.21. The van der Waals surface area contributed by atoms with Crippen LogP contribution in [0.5, 0.6) is 5.75 Å². The molecular weight excluding hydrogens is 264 g/mol. The highest BCUT2D eigenvalue weighted by Crippen LogP contribution is 2.22. The number of aromatic amines is 1. The number of amides is 1. The highest BCUT2D eigenvalue weighted by Gasteiger charge is 2.17. The molecule has 2 N–H and O–H groups in total. The van der Waals surface area contributed by atoms with Crippen LogP contribution < -0.4 is 10.1 Å². The normalized spacial score (nSPS) is 16.6. The number of ether oxygens (including phenoxy) is 1. The van der Waals surface area contributed by atoms with E-state index in [2.05, 4.69) is 10.3 Å². The average Bonchev–Trinajstić information content (AvgIpc) is 2.76. The minimum Gasteiger partial charge on any atom is -0.497 e. The van der Waals surface area contributed by atoms with Crippen LogP contribution in [0.25, 0.3) is 10.9 Å². The van der Waals surface area contributed by atoms with Gasteiger partial charge < -0.3 is 15.0 Å². The number of rotatable bonds is 3. The predicted octanol–water partition coefficient (Wildman–Crippen LogP) is 3.63. The molecule has 0 saturated heterocycles. The van der Waals surface area contributed by atoms with Crippen LogP contribution in [0.1, 0.15) is 49.0 Å². The van der Waals surface area contributed by atoms with E-state index in [0.717, 1.165) is 29.5 Å². The van der Waals surface area contributed by atoms with Gasteiger partial charge in [0.2, 0.25) is 0 Å². The Labute approximate surface area is 124 Å². The molecule has 1 fully saturated rings. The maximum atomic E-state index is 12.4. The van der Waals surface area contributed by atoms with E-state index in [1.165, 1.54) is 25.7 Å². The van der Waals surface area contributed by atoms with Crippen molar-refractivity contribution < 1.29 is 9.53 Å². The molecule has 1 amide bonds. The zero-order valence-corrected chi connectivity index (χ0v) is 12.4. The highest BCUT2D eigenvalue weighted by atomic mass is 16.5. The number of benzene rings is 1. The third kappa shape index (κ3) is 3.20. The second-order valence-electron chi connectivity index (χ2n) is 5.80. The molecule has 1 saturated carbocycles. The Morgan fingerprint density at radius 3 is 2.67 bits per heavy atom. The summed E-state index contributed by atoms with van der Waals surface area (Å²) in [4.78, 5) is 15.6. The van der Waals surface area contributed by atoms with E-state index >= 15 is 0 Å². The molecule has 4 heteroatoms. The first-order valence-electron chi connectivity index (χ1n) is 7.74. The number of hydrogen-bond donors (Lipinski definition) is 2. The van der Waals surface area contributed by atoms with Gasteiger partial charge in [0.25, 0.3) is 5.91 Å². The Bertz CT molecular complexity index is 625. The molecule has 0 unspecified atom stereocenters. The van der Waals surface area contributed by atoms with Crippen LogP contribution in [0, 0.1) is 0 Å². The van der Waals surface area contributed by atoms with Gasteiger partial charge in [0.1, 0.15) is 11.4 Å². The zero-order valence-electron chi connectivity index (χ0n) is 12.4. The van der Waals surface area contributed by atoms with Gasteiger partial charge in [-0.2, -0.15) is 0 Å². The fourth-order valence-electron chi connectivity index (χ4n) is 3.05. The van der Waals surface area contributed by atoms with Crippen molar-refractivity contribution >= 4 is 16.8 Å². The van der Waals surface area contributed by atoms with Crippen LogP contribution in [-0.4, -0.2) is 24.0 Å². The van der Waals surface area contributed by atoms with Gasteiger partial charge in [-0.3, -0.25) is 4.79 Å². The maximum absolute atomic E-state index is 12.4. The van der Waals surface area contributed by atoms with Crippen molar-refractivity contribution in [2.24, 2.45) is 0 Å². The number of carbonyl (C=O) groups excluding carboxylic acids is 1. The molecule has 21 heavy (non-hydrogen) atoms. The third-order valence-electron chi connectivity index (χ3n) is 4.26. The first-order chi connectivity index (χ1) is 10.3. The van der Waals surface area contributed by atoms with Crippen LogP contribution in [0.3, 0.4) is 0 Å². The van der Waals surface area contributed by atoms with Crippen molar-refractivity contribution in [1.29, 1.82) is 0 Å². The predicted molar refractivity (Wildman–Crippen MR) is 83.8 cm³/mol. The van der Waals surface area contributed by atoms with Crippen molar-refractivity contribution in [3.05, 3.63) is 30.0 Å². The van der Waals surface area contributed by atoms with Crippen molar-refractivity contribution in [2.75, 3.05) is 7.11 Å². The molecule has 1 aromatic carbocycles. The summed E-state index contributed by atoms with van der Waals surface area (Å²) >= 11 is 0. The van der Waals surface area contributed by atoms with Gasteiger partial charge in [0.05, 0.1) is 7.11 Å². The molecule has 1 heterocycles. The molecule has 0 spiro atoms. The molecule has 4 nitrogen and oxygen atoms in total. The molecule has 112 valence electrons. The average molecular weight is 286 g/mol. The van der Waals surface area contributed by atoms with Gasteiger partial charge in [-0.25, -0.2) is 0 Å². The lowest BCUT2D eigenvalue weighted by Crippen LogP contribution is -2.34. The number of hydrogen-bond acceptors (Lipinski definition) is 2. The Hall–Kier alpha value is -1.97. The first kappa shape index (κ1) is 14.0. The lowest BCUT2D eigenvalue weighted by Gasteiger charge is -2.15. The van der Waals surface area contributed by atoms with Gasteiger partial charge in [0, 0.05) is 16.9 Å². The summed E-state index contributed by atoms with van der Waals surface area (Å²) in [5.74, 6) is 0.800. The smallest absolute Gasteiger partial charge is 0.267 e. The lowest BCUT2D eigenvalue weighted by atomic mass is 10.1. The number of fused-ring (bicyclic) bond motifs is 1. The van der Waals surface area contributed by atoms with E-state index in [-0.39, 0.29) is 5.91 Å². The van der Waals surface area contributed by atoms with Crippen LogP contribution in [0.4, 0.5) is 0 Å². The van der Waals surface area contributed by atoms with Crippen molar-refractivity contribution in [2.45, 2.75) is 44.6 Å². The summed E-state index contributed by atoms with van der Waals surface area (Å²) in [6, 6.07) is 7.99. The van der Waals surface area contributed by atoms with E-state index in [1.54, 1.807) is 7.11 Å². The number of H-pyrrole nitrogens is 1. The van der Waals surface area contributed by atoms with Crippen molar-refractivity contribution in [3.8, 4) is 5.75 Å². The molecular formula is C17H22N2O2. The van der Waals surface area contributed by atoms with Gasteiger partial charge in [-0.15, -0.1) is 0 Å². The van der Waals surface area contributed by atoms with Crippen molar-refractivity contribution in [1.82, 2.24) is 10.3 Å². The highest BCUT2D eigenvalue weighted by molar-refractivity contribution is 5.98. The summed E-state index contributed by atoms with van der Waals surface area (Å²) in [5.41, 5.74) is 1.59. The quantitative estimate of drug-likeness (QED) is 0.847. The molecule has 2 aromatic rings. The second-order valence-corrected chi connectivity index (χ2v) is 5.80. The Kier molecular flexibility index (Phi) is 4.13. The number of methoxy groups -OCH3 is 1. The molecule has 0 radical (unpaired) electrons. The summed E-state index contributed by atoms with van der Waals surface area (Å²) in [5, 5.41) is 4.16. The maximum Gasteiger partial charge on any atom is 0.267 e. The Morgan fingerprint density at radius 1 is 1.19 bits per heavy atom. The van der Waals surface area contributed by atoms with Crippen molar-refractivity contribution in [3.63, 3.8) is 0 Å². The summed E-state index contributed by atoms with van der Waals surface area (Å²) in [7, 11) is 1.65. The molecule has 1 aliphatic rings. The number of carbonyl (C=O) groups is 1. The molecule has 1 aromatic heterocycles. The fourth-order valence-corrected chi connectivity index (χ4v) is 3.05. The lowest BCUT2D eigenvalue weighted by molar-refractivity contribution is 0.0929. The SMILES string of the molecule is COc1ccc2[nH]c(C(=O)NC3CCCCCC3)cc2c1. The van der Waals surface area contributed by atoms with Gasteiger partial charge >= 0.3 is 0 Å². The second kappa shape index (κ2) is 6.20. The van der Waals surface area contributed by atoms with Gasteiger partial charge in [-0.05, 0) is 37.1 Å². The Morgan fingerprint density at radius 2 is 1.95 bits per heavy atom. The largest absolute Gasteiger partial charge is 0.497 e. The minimum atomic E-state index is -0.00272. The molecule has 3 rings (SSSR count). The molecule has 1 aliphatic carbocycles. The number of aromatic nitrogens is 1. The van der Waals surface area contributed by atoms with Crippen LogP contribution in [0.2, 0.25) is 0 Å². The topological polar surface area (TPSA) is 54.1 Å². The fraction of sp³-hybridized carbons (Fsp3) is 0.471. The third-order valence-corrected chi connectivity index (χ3v) is 4.26. The monoisotopic (exact) mass is 286 g/mol. The Balaban J connectivity index is 1.74. The zero-order chi connectivity index (χ0) is 14.7. The van der Waals surface area contributed by atoms with E-state index < -0.39 is 0 Å². The van der Waals surface area contributed by atoms with Crippen LogP contribution in [0.15, 0.2) is 24.3 Å². The summed E-state index contributed by atoms with van der Waals surface area (Å²) < 4.78 is 5.21. The van der Waals surface area contributed by atoms with Gasteiger partial charge in [-0.1, -0.05) is 25.7 Å². The van der Waals surface area contributed by atoms with Crippen LogP contribution >= 0.6 is 0 Å². The van der Waals surface area contributed by atoms with E-state index in [0.29, 0.717) is 11.7 Å². The van der Waals surface area contributed by atoms with E-state index in [4.69, 9.17) is 4.74 Å². The first-order valence-corrected chi connectivity index (χ1v) is 7.74. The van der Waals surface area contributed by atoms with E-state index in [9.17, 15) is 4.79 Å². The van der Waals surface area contributed by atoms with Crippen LogP contribution in [-0.2, 0) is 0 Å². The molecule has 0 atom stereocenters. The minimum absolute atomic E-state index is 0.00272. The van der Waals surface area contributed by atoms with Gasteiger partial charge in [0.15, 0.2) is 0 Å². The molecule has 0 aliphatic heterocycles. The van der Waals surface area contributed by atoms with E-state index in [1.807, 2.05) is 24.3 Å².